The summed E-state index contributed by atoms with van der Waals surface area (Å²) in [6.45, 7) is 4.32. The summed E-state index contributed by atoms with van der Waals surface area (Å²) in [5, 5.41) is 1.17. The Hall–Kier alpha value is -2.98. The molecule has 0 aliphatic carbocycles. The standard InChI is InChI=1S/C26H25NO2S/c1-18(2)25(24-16-20-11-6-7-14-23(20)30-24)26(28)29-17-22-13-8-12-21(27-22)15-19-9-4-3-5-10-19/h3-14,16,18,25H,15,17H2,1-2H3. The highest BCUT2D eigenvalue weighted by molar-refractivity contribution is 7.19. The van der Waals surface area contributed by atoms with Crippen LogP contribution in [0.3, 0.4) is 0 Å². The summed E-state index contributed by atoms with van der Waals surface area (Å²) in [5.41, 5.74) is 2.96. The molecule has 0 fully saturated rings. The van der Waals surface area contributed by atoms with Crippen LogP contribution in [0, 0.1) is 5.92 Å². The van der Waals surface area contributed by atoms with Crippen molar-refractivity contribution in [2.75, 3.05) is 0 Å². The van der Waals surface area contributed by atoms with Crippen molar-refractivity contribution in [2.45, 2.75) is 32.8 Å². The van der Waals surface area contributed by atoms with Crippen molar-refractivity contribution in [1.29, 1.82) is 0 Å². The molecule has 4 rings (SSSR count). The smallest absolute Gasteiger partial charge is 0.314 e. The lowest BCUT2D eigenvalue weighted by molar-refractivity contribution is -0.148. The van der Waals surface area contributed by atoms with Crippen LogP contribution >= 0.6 is 11.3 Å². The van der Waals surface area contributed by atoms with Gasteiger partial charge < -0.3 is 4.74 Å². The molecule has 0 saturated carbocycles. The second-order valence-electron chi connectivity index (χ2n) is 7.80. The summed E-state index contributed by atoms with van der Waals surface area (Å²) in [4.78, 5) is 18.7. The van der Waals surface area contributed by atoms with Gasteiger partial charge in [0.25, 0.3) is 0 Å². The minimum absolute atomic E-state index is 0.155. The van der Waals surface area contributed by atoms with Crippen molar-refractivity contribution in [3.05, 3.63) is 101 Å². The van der Waals surface area contributed by atoms with Crippen molar-refractivity contribution < 1.29 is 9.53 Å². The number of carbonyl (C=O) groups is 1. The fourth-order valence-corrected chi connectivity index (χ4v) is 4.95. The zero-order valence-corrected chi connectivity index (χ0v) is 18.1. The Balaban J connectivity index is 1.45. The van der Waals surface area contributed by atoms with Crippen LogP contribution in [0.2, 0.25) is 0 Å². The van der Waals surface area contributed by atoms with Gasteiger partial charge in [0.05, 0.1) is 11.6 Å². The highest BCUT2D eigenvalue weighted by Crippen LogP contribution is 2.35. The third kappa shape index (κ3) is 4.77. The number of hydrogen-bond acceptors (Lipinski definition) is 4. The van der Waals surface area contributed by atoms with Gasteiger partial charge in [-0.05, 0) is 41.1 Å². The van der Waals surface area contributed by atoms with E-state index in [1.165, 1.54) is 15.6 Å². The molecule has 0 N–H and O–H groups in total. The fourth-order valence-electron chi connectivity index (χ4n) is 3.62. The first-order valence-corrected chi connectivity index (χ1v) is 11.1. The lowest BCUT2D eigenvalue weighted by Crippen LogP contribution is -2.20. The first-order valence-electron chi connectivity index (χ1n) is 10.2. The molecule has 0 aliphatic heterocycles. The van der Waals surface area contributed by atoms with E-state index in [9.17, 15) is 4.79 Å². The average molecular weight is 416 g/mol. The minimum atomic E-state index is -0.269. The number of carbonyl (C=O) groups excluding carboxylic acids is 1. The van der Waals surface area contributed by atoms with Gasteiger partial charge in [-0.15, -0.1) is 11.3 Å². The van der Waals surface area contributed by atoms with Crippen LogP contribution in [-0.2, 0) is 22.6 Å². The molecule has 0 amide bonds. The molecule has 2 aromatic carbocycles. The topological polar surface area (TPSA) is 39.2 Å². The van der Waals surface area contributed by atoms with Crippen molar-refractivity contribution in [3.63, 3.8) is 0 Å². The SMILES string of the molecule is CC(C)C(C(=O)OCc1cccc(Cc2ccccc2)n1)c1cc2ccccc2s1. The third-order valence-corrected chi connectivity index (χ3v) is 6.33. The zero-order valence-electron chi connectivity index (χ0n) is 17.2. The Morgan fingerprint density at radius 3 is 2.43 bits per heavy atom. The predicted octanol–water partition coefficient (Wildman–Crippen LogP) is 6.37. The maximum absolute atomic E-state index is 13.0. The highest BCUT2D eigenvalue weighted by atomic mass is 32.1. The molecule has 4 aromatic rings. The van der Waals surface area contributed by atoms with Crippen molar-refractivity contribution in [3.8, 4) is 0 Å². The molecule has 1 atom stereocenters. The van der Waals surface area contributed by atoms with Gasteiger partial charge in [0, 0.05) is 21.7 Å². The normalized spacial score (nSPS) is 12.2. The van der Waals surface area contributed by atoms with Crippen molar-refractivity contribution in [1.82, 2.24) is 4.98 Å². The average Bonchev–Trinajstić information content (AvgIpc) is 3.16. The number of thiophene rings is 1. The summed E-state index contributed by atoms with van der Waals surface area (Å²) in [5.74, 6) is -0.301. The van der Waals surface area contributed by atoms with Gasteiger partial charge in [-0.25, -0.2) is 0 Å². The molecule has 0 aliphatic rings. The van der Waals surface area contributed by atoms with Gasteiger partial charge in [-0.3, -0.25) is 9.78 Å². The number of ether oxygens (including phenoxy) is 1. The van der Waals surface area contributed by atoms with E-state index in [0.29, 0.717) is 0 Å². The maximum Gasteiger partial charge on any atom is 0.314 e. The van der Waals surface area contributed by atoms with Gasteiger partial charge in [-0.1, -0.05) is 68.4 Å². The quantitative estimate of drug-likeness (QED) is 0.329. The molecule has 30 heavy (non-hydrogen) atoms. The van der Waals surface area contributed by atoms with Crippen LogP contribution in [0.1, 0.15) is 41.6 Å². The van der Waals surface area contributed by atoms with Crippen LogP contribution in [-0.4, -0.2) is 11.0 Å². The zero-order chi connectivity index (χ0) is 20.9. The van der Waals surface area contributed by atoms with E-state index in [1.54, 1.807) is 11.3 Å². The molecule has 2 heterocycles. The summed E-state index contributed by atoms with van der Waals surface area (Å²) < 4.78 is 6.91. The Bertz CT molecular complexity index is 1100. The lowest BCUT2D eigenvalue weighted by atomic mass is 9.94. The van der Waals surface area contributed by atoms with E-state index in [0.717, 1.165) is 22.7 Å². The molecule has 2 aromatic heterocycles. The van der Waals surface area contributed by atoms with E-state index < -0.39 is 0 Å². The van der Waals surface area contributed by atoms with Gasteiger partial charge >= 0.3 is 5.97 Å². The van der Waals surface area contributed by atoms with Crippen molar-refractivity contribution in [2.24, 2.45) is 5.92 Å². The molecule has 152 valence electrons. The maximum atomic E-state index is 13.0. The Kier molecular flexibility index (Phi) is 6.24. The molecule has 3 nitrogen and oxygen atoms in total. The van der Waals surface area contributed by atoms with Crippen LogP contribution in [0.15, 0.2) is 78.9 Å². The van der Waals surface area contributed by atoms with E-state index in [-0.39, 0.29) is 24.4 Å². The molecule has 0 saturated heterocycles. The van der Waals surface area contributed by atoms with Gasteiger partial charge in [0.2, 0.25) is 0 Å². The number of nitrogens with zero attached hydrogens (tertiary/aromatic N) is 1. The number of rotatable bonds is 7. The van der Waals surface area contributed by atoms with E-state index >= 15 is 0 Å². The van der Waals surface area contributed by atoms with Crippen molar-refractivity contribution >= 4 is 27.4 Å². The van der Waals surface area contributed by atoms with Crippen LogP contribution in [0.4, 0.5) is 0 Å². The third-order valence-electron chi connectivity index (χ3n) is 5.13. The van der Waals surface area contributed by atoms with Crippen LogP contribution in [0.25, 0.3) is 10.1 Å². The number of fused-ring (bicyclic) bond motifs is 1. The summed E-state index contributed by atoms with van der Waals surface area (Å²) in [7, 11) is 0. The summed E-state index contributed by atoms with van der Waals surface area (Å²) >= 11 is 1.67. The number of hydrogen-bond donors (Lipinski definition) is 0. The Morgan fingerprint density at radius 2 is 1.67 bits per heavy atom. The number of esters is 1. The molecule has 0 radical (unpaired) electrons. The highest BCUT2D eigenvalue weighted by Gasteiger charge is 2.27. The summed E-state index contributed by atoms with van der Waals surface area (Å²) in [6.07, 6.45) is 0.763. The molecule has 0 bridgehead atoms. The van der Waals surface area contributed by atoms with E-state index in [1.807, 2.05) is 48.5 Å². The summed E-state index contributed by atoms with van der Waals surface area (Å²) in [6, 6.07) is 26.5. The molecular formula is C26H25NO2S. The van der Waals surface area contributed by atoms with E-state index in [4.69, 9.17) is 4.74 Å². The lowest BCUT2D eigenvalue weighted by Gasteiger charge is -2.18. The van der Waals surface area contributed by atoms with Gasteiger partial charge in [0.1, 0.15) is 6.61 Å². The number of pyridine rings is 1. The first-order chi connectivity index (χ1) is 14.6. The van der Waals surface area contributed by atoms with E-state index in [2.05, 4.69) is 49.2 Å². The Labute approximate surface area is 181 Å². The number of aromatic nitrogens is 1. The fraction of sp³-hybridized carbons (Fsp3) is 0.231. The van der Waals surface area contributed by atoms with Gasteiger partial charge in [0.15, 0.2) is 0 Å². The second-order valence-corrected chi connectivity index (χ2v) is 8.91. The monoisotopic (exact) mass is 415 g/mol. The predicted molar refractivity (Wildman–Crippen MR) is 123 cm³/mol. The van der Waals surface area contributed by atoms with Crippen LogP contribution < -0.4 is 0 Å². The number of benzene rings is 2. The first kappa shape index (κ1) is 20.3. The van der Waals surface area contributed by atoms with Gasteiger partial charge in [-0.2, -0.15) is 0 Å². The Morgan fingerprint density at radius 1 is 0.933 bits per heavy atom. The molecule has 4 heteroatoms. The largest absolute Gasteiger partial charge is 0.459 e. The molecule has 0 spiro atoms. The molecular weight excluding hydrogens is 390 g/mol. The second kappa shape index (κ2) is 9.23. The minimum Gasteiger partial charge on any atom is -0.459 e. The van der Waals surface area contributed by atoms with Crippen LogP contribution in [0.5, 0.6) is 0 Å². The molecule has 1 unspecified atom stereocenters.